The maximum Gasteiger partial charge on any atom is 0.0584 e. The molecule has 0 spiro atoms. The van der Waals surface area contributed by atoms with Crippen LogP contribution < -0.4 is 5.32 Å². The van der Waals surface area contributed by atoms with Crippen molar-refractivity contribution in [2.24, 2.45) is 0 Å². The van der Waals surface area contributed by atoms with Crippen molar-refractivity contribution in [1.29, 1.82) is 0 Å². The zero-order chi connectivity index (χ0) is 9.03. The van der Waals surface area contributed by atoms with Gasteiger partial charge >= 0.3 is 0 Å². The summed E-state index contributed by atoms with van der Waals surface area (Å²) in [6.07, 6.45) is 4.01. The molecule has 3 heteroatoms. The van der Waals surface area contributed by atoms with Crippen LogP contribution >= 0.6 is 0 Å². The summed E-state index contributed by atoms with van der Waals surface area (Å²) in [5, 5.41) is 21.0. The zero-order valence-corrected chi connectivity index (χ0v) is 7.71. The molecular formula is C9H19NO2. The van der Waals surface area contributed by atoms with Gasteiger partial charge in [-0.2, -0.15) is 0 Å². The van der Waals surface area contributed by atoms with Crippen molar-refractivity contribution in [3.63, 3.8) is 0 Å². The molecule has 0 bridgehead atoms. The standard InChI is InChI=1S/C9H19NO2/c1-9(4-2-6-11)5-3-8(7-12)10-9/h8,10-12H,2-7H2,1H3. The molecule has 3 N–H and O–H groups in total. The van der Waals surface area contributed by atoms with Crippen molar-refractivity contribution < 1.29 is 10.2 Å². The van der Waals surface area contributed by atoms with E-state index in [9.17, 15) is 0 Å². The lowest BCUT2D eigenvalue weighted by Crippen LogP contribution is -2.41. The molecule has 1 fully saturated rings. The Hall–Kier alpha value is -0.120. The van der Waals surface area contributed by atoms with Gasteiger partial charge in [0.2, 0.25) is 0 Å². The minimum absolute atomic E-state index is 0.149. The number of hydrogen-bond donors (Lipinski definition) is 3. The summed E-state index contributed by atoms with van der Waals surface area (Å²) in [4.78, 5) is 0. The molecule has 1 heterocycles. The molecule has 3 nitrogen and oxygen atoms in total. The summed E-state index contributed by atoms with van der Waals surface area (Å²) in [6, 6.07) is 0.272. The Morgan fingerprint density at radius 2 is 2.25 bits per heavy atom. The number of aliphatic hydroxyl groups excluding tert-OH is 2. The number of aliphatic hydroxyl groups is 2. The lowest BCUT2D eigenvalue weighted by molar-refractivity contribution is 0.227. The van der Waals surface area contributed by atoms with Crippen molar-refractivity contribution in [3.8, 4) is 0 Å². The Bertz CT molecular complexity index is 140. The third-order valence-electron chi connectivity index (χ3n) is 2.70. The average molecular weight is 173 g/mol. The first-order chi connectivity index (χ1) is 5.70. The molecule has 0 aromatic carbocycles. The van der Waals surface area contributed by atoms with Crippen molar-refractivity contribution in [3.05, 3.63) is 0 Å². The Balaban J connectivity index is 2.31. The summed E-state index contributed by atoms with van der Waals surface area (Å²) >= 11 is 0. The first-order valence-electron chi connectivity index (χ1n) is 4.69. The van der Waals surface area contributed by atoms with Crippen LogP contribution in [0.2, 0.25) is 0 Å². The molecule has 0 saturated carbocycles. The zero-order valence-electron chi connectivity index (χ0n) is 7.71. The maximum atomic E-state index is 8.91. The molecule has 1 saturated heterocycles. The number of hydrogen-bond acceptors (Lipinski definition) is 3. The van der Waals surface area contributed by atoms with Gasteiger partial charge in [-0.3, -0.25) is 0 Å². The van der Waals surface area contributed by atoms with E-state index in [-0.39, 0.29) is 24.8 Å². The van der Waals surface area contributed by atoms with Crippen LogP contribution in [0.1, 0.15) is 32.6 Å². The minimum atomic E-state index is 0.149. The van der Waals surface area contributed by atoms with Gasteiger partial charge < -0.3 is 15.5 Å². The van der Waals surface area contributed by atoms with Gasteiger partial charge in [-0.25, -0.2) is 0 Å². The van der Waals surface area contributed by atoms with Crippen molar-refractivity contribution in [2.75, 3.05) is 13.2 Å². The van der Waals surface area contributed by atoms with Crippen LogP contribution in [0.4, 0.5) is 0 Å². The van der Waals surface area contributed by atoms with E-state index in [1.165, 1.54) is 0 Å². The first-order valence-corrected chi connectivity index (χ1v) is 4.69. The summed E-state index contributed by atoms with van der Waals surface area (Å²) < 4.78 is 0. The SMILES string of the molecule is CC1(CCCO)CCC(CO)N1. The number of rotatable bonds is 4. The molecule has 0 radical (unpaired) electrons. The van der Waals surface area contributed by atoms with Gasteiger partial charge in [-0.15, -0.1) is 0 Å². The number of nitrogens with one attached hydrogen (secondary N) is 1. The average Bonchev–Trinajstić information content (AvgIpc) is 2.45. The third kappa shape index (κ3) is 2.44. The molecule has 1 aliphatic rings. The molecule has 1 aliphatic heterocycles. The molecule has 12 heavy (non-hydrogen) atoms. The van der Waals surface area contributed by atoms with E-state index in [0.717, 1.165) is 25.7 Å². The van der Waals surface area contributed by atoms with Gasteiger partial charge in [0.05, 0.1) is 6.61 Å². The van der Waals surface area contributed by atoms with E-state index in [4.69, 9.17) is 10.2 Å². The lowest BCUT2D eigenvalue weighted by Gasteiger charge is -2.25. The van der Waals surface area contributed by atoms with Gasteiger partial charge in [-0.05, 0) is 32.6 Å². The van der Waals surface area contributed by atoms with E-state index in [1.54, 1.807) is 0 Å². The molecule has 0 aromatic rings. The Labute approximate surface area is 73.8 Å². The van der Waals surface area contributed by atoms with E-state index in [2.05, 4.69) is 12.2 Å². The smallest absolute Gasteiger partial charge is 0.0584 e. The lowest BCUT2D eigenvalue weighted by atomic mass is 9.94. The summed E-state index contributed by atoms with van der Waals surface area (Å²) in [5.41, 5.74) is 0.149. The predicted octanol–water partition coefficient (Wildman–Crippen LogP) is 0.262. The van der Waals surface area contributed by atoms with Gasteiger partial charge in [0.15, 0.2) is 0 Å². The Morgan fingerprint density at radius 3 is 2.75 bits per heavy atom. The van der Waals surface area contributed by atoms with Crippen LogP contribution in [0.5, 0.6) is 0 Å². The van der Waals surface area contributed by atoms with Crippen molar-refractivity contribution in [1.82, 2.24) is 5.32 Å². The van der Waals surface area contributed by atoms with Crippen LogP contribution in [-0.4, -0.2) is 35.0 Å². The highest BCUT2D eigenvalue weighted by Gasteiger charge is 2.32. The highest BCUT2D eigenvalue weighted by molar-refractivity contribution is 4.93. The van der Waals surface area contributed by atoms with E-state index in [1.807, 2.05) is 0 Å². The second kappa shape index (κ2) is 4.21. The topological polar surface area (TPSA) is 52.5 Å². The van der Waals surface area contributed by atoms with Crippen LogP contribution in [0.25, 0.3) is 0 Å². The van der Waals surface area contributed by atoms with Crippen LogP contribution in [0.15, 0.2) is 0 Å². The monoisotopic (exact) mass is 173 g/mol. The minimum Gasteiger partial charge on any atom is -0.396 e. The van der Waals surface area contributed by atoms with Gasteiger partial charge in [0.25, 0.3) is 0 Å². The summed E-state index contributed by atoms with van der Waals surface area (Å²) in [5.74, 6) is 0. The third-order valence-corrected chi connectivity index (χ3v) is 2.70. The largest absolute Gasteiger partial charge is 0.396 e. The highest BCUT2D eigenvalue weighted by atomic mass is 16.3. The molecule has 2 atom stereocenters. The molecule has 0 aromatic heterocycles. The highest BCUT2D eigenvalue weighted by Crippen LogP contribution is 2.26. The fourth-order valence-electron chi connectivity index (χ4n) is 1.93. The van der Waals surface area contributed by atoms with Crippen molar-refractivity contribution >= 4 is 0 Å². The quantitative estimate of drug-likeness (QED) is 0.571. The molecule has 1 rings (SSSR count). The molecule has 0 aliphatic carbocycles. The fourth-order valence-corrected chi connectivity index (χ4v) is 1.93. The van der Waals surface area contributed by atoms with Gasteiger partial charge in [0.1, 0.15) is 0 Å². The Morgan fingerprint density at radius 1 is 1.50 bits per heavy atom. The Kier molecular flexibility index (Phi) is 3.50. The molecule has 0 amide bonds. The van der Waals surface area contributed by atoms with Gasteiger partial charge in [0, 0.05) is 18.2 Å². The first kappa shape index (κ1) is 9.96. The molecule has 2 unspecified atom stereocenters. The summed E-state index contributed by atoms with van der Waals surface area (Å²) in [7, 11) is 0. The fraction of sp³-hybridized carbons (Fsp3) is 1.00. The normalized spacial score (nSPS) is 35.8. The van der Waals surface area contributed by atoms with E-state index < -0.39 is 0 Å². The van der Waals surface area contributed by atoms with Crippen LogP contribution in [0, 0.1) is 0 Å². The molecular weight excluding hydrogens is 154 g/mol. The van der Waals surface area contributed by atoms with Crippen molar-refractivity contribution in [2.45, 2.75) is 44.2 Å². The second-order valence-electron chi connectivity index (χ2n) is 3.95. The molecule has 72 valence electrons. The second-order valence-corrected chi connectivity index (χ2v) is 3.95. The van der Waals surface area contributed by atoms with E-state index >= 15 is 0 Å². The van der Waals surface area contributed by atoms with E-state index in [0.29, 0.717) is 0 Å². The predicted molar refractivity (Wildman–Crippen MR) is 48.0 cm³/mol. The van der Waals surface area contributed by atoms with Crippen LogP contribution in [0.3, 0.4) is 0 Å². The van der Waals surface area contributed by atoms with Gasteiger partial charge in [-0.1, -0.05) is 0 Å². The summed E-state index contributed by atoms with van der Waals surface area (Å²) in [6.45, 7) is 2.66. The van der Waals surface area contributed by atoms with Crippen LogP contribution in [-0.2, 0) is 0 Å². The maximum absolute atomic E-state index is 8.91.